The van der Waals surface area contributed by atoms with E-state index >= 15 is 0 Å². The summed E-state index contributed by atoms with van der Waals surface area (Å²) in [5.41, 5.74) is 3.84. The van der Waals surface area contributed by atoms with Gasteiger partial charge in [-0.1, -0.05) is 35.0 Å². The zero-order valence-corrected chi connectivity index (χ0v) is 15.7. The molecule has 0 heterocycles. The first-order valence-electron chi connectivity index (χ1n) is 7.12. The summed E-state index contributed by atoms with van der Waals surface area (Å²) in [7, 11) is 0. The van der Waals surface area contributed by atoms with Crippen LogP contribution < -0.4 is 10.2 Å². The molecule has 0 spiro atoms. The Morgan fingerprint density at radius 3 is 2.78 bits per heavy atom. The number of carbonyl (C=O) groups is 1. The second kappa shape index (κ2) is 8.84. The number of carbonyl (C=O) groups excluding carboxylic acids is 1. The highest BCUT2D eigenvalue weighted by Crippen LogP contribution is 2.22. The summed E-state index contributed by atoms with van der Waals surface area (Å²) in [6.07, 6.45) is 2.50. The van der Waals surface area contributed by atoms with Crippen LogP contribution >= 0.6 is 31.9 Å². The lowest BCUT2D eigenvalue weighted by Crippen LogP contribution is -2.18. The highest BCUT2D eigenvalue weighted by molar-refractivity contribution is 9.10. The van der Waals surface area contributed by atoms with Gasteiger partial charge in [-0.2, -0.15) is 5.10 Å². The Hall–Kier alpha value is -1.66. The molecule has 1 N–H and O–H groups in total. The summed E-state index contributed by atoms with van der Waals surface area (Å²) >= 11 is 6.77. The molecular weight excluding hydrogens is 424 g/mol. The first kappa shape index (κ1) is 17.7. The van der Waals surface area contributed by atoms with Crippen LogP contribution in [0.4, 0.5) is 0 Å². The van der Waals surface area contributed by atoms with E-state index in [9.17, 15) is 4.79 Å². The predicted molar refractivity (Wildman–Crippen MR) is 99.1 cm³/mol. The summed E-state index contributed by atoms with van der Waals surface area (Å²) < 4.78 is 7.31. The third-order valence-electron chi connectivity index (χ3n) is 2.92. The molecule has 120 valence electrons. The van der Waals surface area contributed by atoms with Crippen molar-refractivity contribution in [3.63, 3.8) is 0 Å². The monoisotopic (exact) mass is 438 g/mol. The Labute approximate surface area is 152 Å². The van der Waals surface area contributed by atoms with Crippen LogP contribution in [-0.4, -0.2) is 18.7 Å². The summed E-state index contributed by atoms with van der Waals surface area (Å²) in [5.74, 6) is 0.452. The van der Waals surface area contributed by atoms with Crippen molar-refractivity contribution in [3.05, 3.63) is 62.5 Å². The predicted octanol–water partition coefficient (Wildman–Crippen LogP) is 4.76. The molecule has 23 heavy (non-hydrogen) atoms. The van der Waals surface area contributed by atoms with Gasteiger partial charge in [0.1, 0.15) is 5.75 Å². The average molecular weight is 440 g/mol. The Kier molecular flexibility index (Phi) is 6.80. The Balaban J connectivity index is 2.09. The van der Waals surface area contributed by atoms with Crippen molar-refractivity contribution < 1.29 is 9.53 Å². The minimum atomic E-state index is -0.278. The summed E-state index contributed by atoms with van der Waals surface area (Å²) in [6, 6.07) is 12.8. The van der Waals surface area contributed by atoms with Crippen molar-refractivity contribution in [1.82, 2.24) is 5.43 Å². The number of rotatable bonds is 6. The van der Waals surface area contributed by atoms with Gasteiger partial charge in [-0.05, 0) is 52.7 Å². The number of hydrazone groups is 1. The number of nitrogens with one attached hydrogen (secondary N) is 1. The van der Waals surface area contributed by atoms with Crippen LogP contribution in [-0.2, 0) is 0 Å². The second-order valence-electron chi connectivity index (χ2n) is 4.71. The lowest BCUT2D eigenvalue weighted by atomic mass is 10.2. The van der Waals surface area contributed by atoms with Crippen LogP contribution in [0.5, 0.6) is 5.75 Å². The molecule has 0 aliphatic heterocycles. The SMILES string of the molecule is CCCOc1ccc(Br)cc1/C=N\NC(=O)c1ccccc1Br. The van der Waals surface area contributed by atoms with Crippen LogP contribution in [0.2, 0.25) is 0 Å². The van der Waals surface area contributed by atoms with E-state index in [0.29, 0.717) is 12.2 Å². The average Bonchev–Trinajstić information content (AvgIpc) is 2.54. The third kappa shape index (κ3) is 5.18. The van der Waals surface area contributed by atoms with Crippen molar-refractivity contribution in [2.24, 2.45) is 5.10 Å². The number of hydrogen-bond donors (Lipinski definition) is 1. The Morgan fingerprint density at radius 2 is 2.04 bits per heavy atom. The second-order valence-corrected chi connectivity index (χ2v) is 6.48. The quantitative estimate of drug-likeness (QED) is 0.520. The number of benzene rings is 2. The molecule has 0 aliphatic carbocycles. The van der Waals surface area contributed by atoms with Crippen molar-refractivity contribution in [2.75, 3.05) is 6.61 Å². The first-order valence-corrected chi connectivity index (χ1v) is 8.70. The maximum Gasteiger partial charge on any atom is 0.272 e. The molecule has 0 aromatic heterocycles. The molecule has 0 bridgehead atoms. The number of ether oxygens (including phenoxy) is 1. The number of hydrogen-bond acceptors (Lipinski definition) is 3. The summed E-state index contributed by atoms with van der Waals surface area (Å²) in [4.78, 5) is 12.1. The maximum absolute atomic E-state index is 12.1. The van der Waals surface area contributed by atoms with Crippen LogP contribution in [0.1, 0.15) is 29.3 Å². The molecule has 0 atom stereocenters. The van der Waals surface area contributed by atoms with E-state index in [1.807, 2.05) is 37.3 Å². The maximum atomic E-state index is 12.1. The third-order valence-corrected chi connectivity index (χ3v) is 4.11. The smallest absolute Gasteiger partial charge is 0.272 e. The van der Waals surface area contributed by atoms with E-state index in [2.05, 4.69) is 42.4 Å². The highest BCUT2D eigenvalue weighted by atomic mass is 79.9. The lowest BCUT2D eigenvalue weighted by molar-refractivity contribution is 0.0954. The van der Waals surface area contributed by atoms with Gasteiger partial charge in [0.15, 0.2) is 0 Å². The first-order chi connectivity index (χ1) is 11.1. The van der Waals surface area contributed by atoms with Gasteiger partial charge in [-0.25, -0.2) is 5.43 Å². The molecule has 0 radical (unpaired) electrons. The fraction of sp³-hybridized carbons (Fsp3) is 0.176. The van der Waals surface area contributed by atoms with Crippen LogP contribution in [0.25, 0.3) is 0 Å². The zero-order valence-electron chi connectivity index (χ0n) is 12.6. The van der Waals surface area contributed by atoms with Gasteiger partial charge >= 0.3 is 0 Å². The molecular formula is C17H16Br2N2O2. The van der Waals surface area contributed by atoms with E-state index in [-0.39, 0.29) is 5.91 Å². The van der Waals surface area contributed by atoms with Gasteiger partial charge in [0.2, 0.25) is 0 Å². The van der Waals surface area contributed by atoms with Gasteiger partial charge in [-0.3, -0.25) is 4.79 Å². The van der Waals surface area contributed by atoms with E-state index < -0.39 is 0 Å². The minimum Gasteiger partial charge on any atom is -0.493 e. The van der Waals surface area contributed by atoms with E-state index in [1.54, 1.807) is 18.3 Å². The largest absolute Gasteiger partial charge is 0.493 e. The molecule has 0 saturated carbocycles. The fourth-order valence-electron chi connectivity index (χ4n) is 1.83. The van der Waals surface area contributed by atoms with Crippen molar-refractivity contribution in [2.45, 2.75) is 13.3 Å². The van der Waals surface area contributed by atoms with Crippen LogP contribution in [0, 0.1) is 0 Å². The highest BCUT2D eigenvalue weighted by Gasteiger charge is 2.08. The molecule has 0 saturated heterocycles. The van der Waals surface area contributed by atoms with Crippen LogP contribution in [0.3, 0.4) is 0 Å². The molecule has 4 nitrogen and oxygen atoms in total. The van der Waals surface area contributed by atoms with Crippen molar-refractivity contribution >= 4 is 44.0 Å². The topological polar surface area (TPSA) is 50.7 Å². The number of halogens is 2. The normalized spacial score (nSPS) is 10.7. The van der Waals surface area contributed by atoms with Gasteiger partial charge in [0.25, 0.3) is 5.91 Å². The molecule has 6 heteroatoms. The van der Waals surface area contributed by atoms with Crippen LogP contribution in [0.15, 0.2) is 56.5 Å². The lowest BCUT2D eigenvalue weighted by Gasteiger charge is -2.08. The summed E-state index contributed by atoms with van der Waals surface area (Å²) in [5, 5.41) is 4.02. The van der Waals surface area contributed by atoms with Crippen molar-refractivity contribution in [3.8, 4) is 5.75 Å². The van der Waals surface area contributed by atoms with Gasteiger partial charge in [0.05, 0.1) is 18.4 Å². The van der Waals surface area contributed by atoms with E-state index in [1.165, 1.54) is 0 Å². The molecule has 2 aromatic rings. The Morgan fingerprint density at radius 1 is 1.26 bits per heavy atom. The minimum absolute atomic E-state index is 0.278. The zero-order chi connectivity index (χ0) is 16.7. The Bertz CT molecular complexity index is 717. The molecule has 1 amide bonds. The number of amides is 1. The molecule has 0 aliphatic rings. The van der Waals surface area contributed by atoms with E-state index in [0.717, 1.165) is 26.7 Å². The number of nitrogens with zero attached hydrogens (tertiary/aromatic N) is 1. The molecule has 0 unspecified atom stereocenters. The fourth-order valence-corrected chi connectivity index (χ4v) is 2.67. The molecule has 2 aromatic carbocycles. The van der Waals surface area contributed by atoms with Crippen molar-refractivity contribution in [1.29, 1.82) is 0 Å². The van der Waals surface area contributed by atoms with E-state index in [4.69, 9.17) is 4.74 Å². The standard InChI is InChI=1S/C17H16Br2N2O2/c1-2-9-23-16-8-7-13(18)10-12(16)11-20-21-17(22)14-5-3-4-6-15(14)19/h3-8,10-11H,2,9H2,1H3,(H,21,22)/b20-11-. The van der Waals surface area contributed by atoms with Gasteiger partial charge in [0, 0.05) is 14.5 Å². The molecule has 0 fully saturated rings. The van der Waals surface area contributed by atoms with Gasteiger partial charge in [-0.15, -0.1) is 0 Å². The molecule has 2 rings (SSSR count). The van der Waals surface area contributed by atoms with Gasteiger partial charge < -0.3 is 4.74 Å². The summed E-state index contributed by atoms with van der Waals surface area (Å²) in [6.45, 7) is 2.68.